The molecular weight excluding hydrogens is 259 g/mol. The second-order valence-electron chi connectivity index (χ2n) is 4.22. The van der Waals surface area contributed by atoms with Crippen molar-refractivity contribution < 1.29 is 22.7 Å². The van der Waals surface area contributed by atoms with E-state index in [2.05, 4.69) is 11.9 Å². The van der Waals surface area contributed by atoms with Crippen LogP contribution in [0.25, 0.3) is 0 Å². The van der Waals surface area contributed by atoms with Crippen LogP contribution in [0, 0.1) is 0 Å². The summed E-state index contributed by atoms with van der Waals surface area (Å²) in [6.45, 7) is 3.55. The van der Waals surface area contributed by atoms with E-state index in [-0.39, 0.29) is 24.1 Å². The number of amides is 1. The van der Waals surface area contributed by atoms with Gasteiger partial charge in [0.2, 0.25) is 5.91 Å². The van der Waals surface area contributed by atoms with Gasteiger partial charge in [-0.1, -0.05) is 12.1 Å². The number of rotatable bonds is 3. The first-order valence-electron chi connectivity index (χ1n) is 5.66. The summed E-state index contributed by atoms with van der Waals surface area (Å²) in [5, 5.41) is 2.61. The summed E-state index contributed by atoms with van der Waals surface area (Å²) in [7, 11) is 0. The fourth-order valence-corrected chi connectivity index (χ4v) is 1.89. The molecule has 0 unspecified atom stereocenters. The maximum Gasteiger partial charge on any atom is 0.416 e. The van der Waals surface area contributed by atoms with Crippen molar-refractivity contribution in [2.45, 2.75) is 24.7 Å². The molecular formula is C13H12F3NO2. The fraction of sp³-hybridized carbons (Fsp3) is 0.308. The zero-order valence-electron chi connectivity index (χ0n) is 9.91. The molecule has 0 radical (unpaired) electrons. The van der Waals surface area contributed by atoms with Crippen LogP contribution in [-0.2, 0) is 11.0 Å². The zero-order chi connectivity index (χ0) is 14.0. The number of ether oxygens (including phenoxy) is 1. The molecule has 1 aliphatic rings. The summed E-state index contributed by atoms with van der Waals surface area (Å²) >= 11 is 0. The molecule has 2 rings (SSSR count). The molecule has 1 fully saturated rings. The zero-order valence-corrected chi connectivity index (χ0v) is 9.91. The molecule has 1 aromatic carbocycles. The molecule has 6 heteroatoms. The largest absolute Gasteiger partial charge is 0.487 e. The van der Waals surface area contributed by atoms with Gasteiger partial charge in [0, 0.05) is 0 Å². The van der Waals surface area contributed by atoms with Gasteiger partial charge in [-0.2, -0.15) is 13.2 Å². The Morgan fingerprint density at radius 1 is 1.42 bits per heavy atom. The Kier molecular flexibility index (Phi) is 3.50. The first kappa shape index (κ1) is 13.5. The summed E-state index contributed by atoms with van der Waals surface area (Å²) in [5.74, 6) is -0.120. The fourth-order valence-electron chi connectivity index (χ4n) is 1.89. The smallest absolute Gasteiger partial charge is 0.416 e. The molecule has 1 aliphatic heterocycles. The highest BCUT2D eigenvalue weighted by molar-refractivity contribution is 5.80. The Labute approximate surface area is 108 Å². The Hall–Kier alpha value is -1.98. The molecule has 0 spiro atoms. The van der Waals surface area contributed by atoms with Gasteiger partial charge in [-0.3, -0.25) is 4.79 Å². The number of hydrogen-bond acceptors (Lipinski definition) is 2. The number of benzene rings is 1. The molecule has 102 valence electrons. The average molecular weight is 271 g/mol. The van der Waals surface area contributed by atoms with Crippen LogP contribution in [-0.4, -0.2) is 18.1 Å². The lowest BCUT2D eigenvalue weighted by Crippen LogP contribution is -2.32. The molecule has 0 aliphatic carbocycles. The quantitative estimate of drug-likeness (QED) is 0.858. The lowest BCUT2D eigenvalue weighted by atomic mass is 10.1. The van der Waals surface area contributed by atoms with Crippen LogP contribution in [0.1, 0.15) is 12.0 Å². The number of hydrogen-bond donors (Lipinski definition) is 1. The van der Waals surface area contributed by atoms with Gasteiger partial charge >= 0.3 is 6.18 Å². The predicted molar refractivity (Wildman–Crippen MR) is 62.6 cm³/mol. The van der Waals surface area contributed by atoms with Crippen LogP contribution in [0.4, 0.5) is 13.2 Å². The van der Waals surface area contributed by atoms with Crippen molar-refractivity contribution in [3.63, 3.8) is 0 Å². The molecule has 1 saturated heterocycles. The molecule has 0 saturated carbocycles. The Morgan fingerprint density at radius 3 is 2.79 bits per heavy atom. The van der Waals surface area contributed by atoms with Crippen molar-refractivity contribution in [3.8, 4) is 5.75 Å². The number of nitrogens with one attached hydrogen (secondary N) is 1. The highest BCUT2D eigenvalue weighted by Crippen LogP contribution is 2.32. The third kappa shape index (κ3) is 3.07. The Morgan fingerprint density at radius 2 is 2.16 bits per heavy atom. The minimum atomic E-state index is -4.42. The van der Waals surface area contributed by atoms with Crippen LogP contribution in [0.15, 0.2) is 36.9 Å². The van der Waals surface area contributed by atoms with Crippen molar-refractivity contribution >= 4 is 5.91 Å². The van der Waals surface area contributed by atoms with Gasteiger partial charge in [0.15, 0.2) is 0 Å². The molecule has 1 heterocycles. The van der Waals surface area contributed by atoms with E-state index in [1.807, 2.05) is 0 Å². The lowest BCUT2D eigenvalue weighted by molar-refractivity contribution is -0.137. The van der Waals surface area contributed by atoms with Gasteiger partial charge in [-0.25, -0.2) is 0 Å². The number of halogens is 3. The van der Waals surface area contributed by atoms with E-state index < -0.39 is 17.8 Å². The van der Waals surface area contributed by atoms with Crippen molar-refractivity contribution in [1.29, 1.82) is 0 Å². The lowest BCUT2D eigenvalue weighted by Gasteiger charge is -2.18. The molecule has 1 aromatic rings. The van der Waals surface area contributed by atoms with Crippen molar-refractivity contribution in [1.82, 2.24) is 5.32 Å². The normalized spacial score (nSPS) is 23.0. The highest BCUT2D eigenvalue weighted by Gasteiger charge is 2.33. The number of carbonyl (C=O) groups is 1. The van der Waals surface area contributed by atoms with E-state index in [0.717, 1.165) is 12.1 Å². The second-order valence-corrected chi connectivity index (χ2v) is 4.22. The van der Waals surface area contributed by atoms with E-state index in [0.29, 0.717) is 0 Å². The monoisotopic (exact) mass is 271 g/mol. The molecule has 0 aromatic heterocycles. The minimum Gasteiger partial charge on any atom is -0.487 e. The van der Waals surface area contributed by atoms with Gasteiger partial charge in [-0.05, 0) is 18.2 Å². The molecule has 0 bridgehead atoms. The summed E-state index contributed by atoms with van der Waals surface area (Å²) in [5.41, 5.74) is -0.780. The molecule has 19 heavy (non-hydrogen) atoms. The molecule has 1 N–H and O–H groups in total. The van der Waals surface area contributed by atoms with E-state index in [1.165, 1.54) is 18.2 Å². The summed E-state index contributed by atoms with van der Waals surface area (Å²) in [6.07, 6.45) is -3.34. The van der Waals surface area contributed by atoms with E-state index >= 15 is 0 Å². The average Bonchev–Trinajstić information content (AvgIpc) is 2.69. The van der Waals surface area contributed by atoms with Crippen LogP contribution >= 0.6 is 0 Å². The second kappa shape index (κ2) is 4.95. The summed E-state index contributed by atoms with van der Waals surface area (Å²) in [6, 6.07) is 4.20. The molecule has 1 amide bonds. The first-order valence-corrected chi connectivity index (χ1v) is 5.66. The third-order valence-electron chi connectivity index (χ3n) is 2.82. The van der Waals surface area contributed by atoms with Crippen molar-refractivity contribution in [3.05, 3.63) is 42.5 Å². The topological polar surface area (TPSA) is 38.3 Å². The van der Waals surface area contributed by atoms with Gasteiger partial charge in [0.25, 0.3) is 0 Å². The van der Waals surface area contributed by atoms with Gasteiger partial charge in [0.1, 0.15) is 11.9 Å². The summed E-state index contributed by atoms with van der Waals surface area (Å²) in [4.78, 5) is 11.2. The molecule has 3 nitrogen and oxygen atoms in total. The van der Waals surface area contributed by atoms with Gasteiger partial charge in [0.05, 0.1) is 18.0 Å². The molecule has 2 atom stereocenters. The third-order valence-corrected chi connectivity index (χ3v) is 2.82. The first-order chi connectivity index (χ1) is 8.90. The van der Waals surface area contributed by atoms with E-state index in [9.17, 15) is 18.0 Å². The van der Waals surface area contributed by atoms with Crippen molar-refractivity contribution in [2.75, 3.05) is 0 Å². The van der Waals surface area contributed by atoms with E-state index in [4.69, 9.17) is 4.74 Å². The highest BCUT2D eigenvalue weighted by atomic mass is 19.4. The SMILES string of the molecule is C=C[C@@H]1NC(=O)C[C@@H]1Oc1cccc(C(F)(F)F)c1. The Balaban J connectivity index is 2.15. The maximum atomic E-state index is 12.5. The van der Waals surface area contributed by atoms with Crippen molar-refractivity contribution in [2.24, 2.45) is 0 Å². The Bertz CT molecular complexity index is 499. The number of carbonyl (C=O) groups excluding carboxylic acids is 1. The predicted octanol–water partition coefficient (Wildman–Crippen LogP) is 2.53. The minimum absolute atomic E-state index is 0.0863. The standard InChI is InChI=1S/C13H12F3NO2/c1-2-10-11(7-12(18)17-10)19-9-5-3-4-8(6-9)13(14,15)16/h2-6,10-11H,1,7H2,(H,17,18)/t10-,11-/m0/s1. The van der Waals surface area contributed by atoms with Crippen LogP contribution in [0.3, 0.4) is 0 Å². The van der Waals surface area contributed by atoms with Gasteiger partial charge in [-0.15, -0.1) is 6.58 Å². The van der Waals surface area contributed by atoms with Gasteiger partial charge < -0.3 is 10.1 Å². The van der Waals surface area contributed by atoms with Crippen LogP contribution in [0.2, 0.25) is 0 Å². The van der Waals surface area contributed by atoms with Crippen LogP contribution < -0.4 is 10.1 Å². The number of alkyl halides is 3. The summed E-state index contributed by atoms with van der Waals surface area (Å²) < 4.78 is 43.1. The van der Waals surface area contributed by atoms with E-state index in [1.54, 1.807) is 0 Å². The van der Waals surface area contributed by atoms with Crippen LogP contribution in [0.5, 0.6) is 5.75 Å². The maximum absolute atomic E-state index is 12.5.